The molecule has 0 saturated carbocycles. The van der Waals surface area contributed by atoms with Crippen molar-refractivity contribution in [3.8, 4) is 0 Å². The quantitative estimate of drug-likeness (QED) is 0.602. The van der Waals surface area contributed by atoms with Gasteiger partial charge in [-0.1, -0.05) is 37.3 Å². The number of amides is 1. The van der Waals surface area contributed by atoms with Crippen molar-refractivity contribution in [2.75, 3.05) is 33.9 Å². The van der Waals surface area contributed by atoms with E-state index in [0.717, 1.165) is 44.5 Å². The van der Waals surface area contributed by atoms with Crippen molar-refractivity contribution < 1.29 is 23.8 Å². The molecule has 1 N–H and O–H groups in total. The zero-order valence-corrected chi connectivity index (χ0v) is 17.8. The van der Waals surface area contributed by atoms with Crippen molar-refractivity contribution in [3.05, 3.63) is 35.9 Å². The predicted molar refractivity (Wildman–Crippen MR) is 110 cm³/mol. The fourth-order valence-electron chi connectivity index (χ4n) is 3.70. The van der Waals surface area contributed by atoms with E-state index in [1.807, 2.05) is 30.3 Å². The molecule has 1 aliphatic rings. The van der Waals surface area contributed by atoms with Crippen molar-refractivity contribution in [3.63, 3.8) is 0 Å². The number of rotatable bonds is 10. The summed E-state index contributed by atoms with van der Waals surface area (Å²) >= 11 is 0. The SMILES string of the molecule is COC(=O)CCCC(C)CN1CC[C@@H](NC(=O)OCc2ccccc2)[C@@H](OC)C1. The van der Waals surface area contributed by atoms with Gasteiger partial charge in [-0.25, -0.2) is 4.79 Å². The topological polar surface area (TPSA) is 77.1 Å². The van der Waals surface area contributed by atoms with Crippen LogP contribution in [0.2, 0.25) is 0 Å². The van der Waals surface area contributed by atoms with Gasteiger partial charge in [0.25, 0.3) is 0 Å². The number of ether oxygens (including phenoxy) is 3. The summed E-state index contributed by atoms with van der Waals surface area (Å²) in [6.07, 6.45) is 2.62. The summed E-state index contributed by atoms with van der Waals surface area (Å²) in [6, 6.07) is 9.56. The second kappa shape index (κ2) is 12.4. The zero-order chi connectivity index (χ0) is 21.1. The maximum atomic E-state index is 12.2. The number of carbonyl (C=O) groups excluding carboxylic acids is 2. The summed E-state index contributed by atoms with van der Waals surface area (Å²) < 4.78 is 15.7. The lowest BCUT2D eigenvalue weighted by molar-refractivity contribution is -0.140. The molecule has 1 aromatic rings. The van der Waals surface area contributed by atoms with Crippen molar-refractivity contribution >= 4 is 12.1 Å². The number of esters is 1. The minimum Gasteiger partial charge on any atom is -0.469 e. The van der Waals surface area contributed by atoms with E-state index in [0.29, 0.717) is 12.3 Å². The Bertz CT molecular complexity index is 625. The Hall–Kier alpha value is -2.12. The van der Waals surface area contributed by atoms with Crippen LogP contribution < -0.4 is 5.32 Å². The number of likely N-dealkylation sites (tertiary alicyclic amines) is 1. The van der Waals surface area contributed by atoms with Crippen LogP contribution in [0.1, 0.15) is 38.2 Å². The molecule has 0 bridgehead atoms. The molecule has 0 radical (unpaired) electrons. The molecule has 29 heavy (non-hydrogen) atoms. The highest BCUT2D eigenvalue weighted by Crippen LogP contribution is 2.18. The summed E-state index contributed by atoms with van der Waals surface area (Å²) in [5.74, 6) is 0.334. The molecular formula is C22H34N2O5. The minimum atomic E-state index is -0.412. The molecule has 1 heterocycles. The van der Waals surface area contributed by atoms with E-state index in [-0.39, 0.29) is 24.7 Å². The lowest BCUT2D eigenvalue weighted by Crippen LogP contribution is -2.55. The molecule has 1 unspecified atom stereocenters. The highest BCUT2D eigenvalue weighted by atomic mass is 16.5. The number of piperidine rings is 1. The van der Waals surface area contributed by atoms with Gasteiger partial charge in [0.2, 0.25) is 0 Å². The molecule has 7 heteroatoms. The molecule has 1 aromatic carbocycles. The number of methoxy groups -OCH3 is 2. The van der Waals surface area contributed by atoms with Crippen LogP contribution in [0, 0.1) is 5.92 Å². The largest absolute Gasteiger partial charge is 0.469 e. The molecule has 0 aromatic heterocycles. The zero-order valence-electron chi connectivity index (χ0n) is 17.8. The van der Waals surface area contributed by atoms with Crippen molar-refractivity contribution in [2.45, 2.75) is 51.4 Å². The Morgan fingerprint density at radius 3 is 2.69 bits per heavy atom. The molecule has 3 atom stereocenters. The van der Waals surface area contributed by atoms with Crippen LogP contribution in [0.4, 0.5) is 4.79 Å². The Balaban J connectivity index is 1.71. The van der Waals surface area contributed by atoms with E-state index in [1.54, 1.807) is 7.11 Å². The van der Waals surface area contributed by atoms with Crippen molar-refractivity contribution in [1.29, 1.82) is 0 Å². The van der Waals surface area contributed by atoms with E-state index in [1.165, 1.54) is 7.11 Å². The van der Waals surface area contributed by atoms with Gasteiger partial charge in [-0.05, 0) is 30.7 Å². The van der Waals surface area contributed by atoms with Crippen molar-refractivity contribution in [1.82, 2.24) is 10.2 Å². The lowest BCUT2D eigenvalue weighted by atomic mass is 9.98. The Labute approximate surface area is 173 Å². The van der Waals surface area contributed by atoms with E-state index < -0.39 is 6.09 Å². The second-order valence-corrected chi connectivity index (χ2v) is 7.71. The molecule has 1 amide bonds. The molecule has 1 saturated heterocycles. The Kier molecular flexibility index (Phi) is 9.94. The molecule has 0 aliphatic carbocycles. The molecule has 1 aliphatic heterocycles. The van der Waals surface area contributed by atoms with Crippen molar-refractivity contribution in [2.24, 2.45) is 5.92 Å². The van der Waals surface area contributed by atoms with Gasteiger partial charge in [0.15, 0.2) is 0 Å². The lowest BCUT2D eigenvalue weighted by Gasteiger charge is -2.38. The normalized spacial score (nSPS) is 20.7. The molecular weight excluding hydrogens is 372 g/mol. The average Bonchev–Trinajstić information content (AvgIpc) is 2.73. The first-order valence-corrected chi connectivity index (χ1v) is 10.3. The average molecular weight is 407 g/mol. The standard InChI is InChI=1S/C22H34N2O5/c1-17(8-7-11-21(25)28-3)14-24-13-12-19(20(15-24)27-2)23-22(26)29-16-18-9-5-4-6-10-18/h4-6,9-10,17,19-20H,7-8,11-16H2,1-3H3,(H,23,26)/t17?,19-,20+/m1/s1. The molecule has 7 nitrogen and oxygen atoms in total. The third-order valence-corrected chi connectivity index (χ3v) is 5.34. The summed E-state index contributed by atoms with van der Waals surface area (Å²) in [4.78, 5) is 25.8. The van der Waals surface area contributed by atoms with Crippen LogP contribution in [0.5, 0.6) is 0 Å². The van der Waals surface area contributed by atoms with Gasteiger partial charge in [-0.3, -0.25) is 4.79 Å². The minimum absolute atomic E-state index is 0.0610. The third-order valence-electron chi connectivity index (χ3n) is 5.34. The van der Waals surface area contributed by atoms with Crippen LogP contribution in [-0.4, -0.2) is 63.0 Å². The van der Waals surface area contributed by atoms with E-state index in [2.05, 4.69) is 21.9 Å². The highest BCUT2D eigenvalue weighted by molar-refractivity contribution is 5.69. The number of carbonyl (C=O) groups is 2. The predicted octanol–water partition coefficient (Wildman–Crippen LogP) is 2.98. The summed E-state index contributed by atoms with van der Waals surface area (Å²) in [7, 11) is 3.10. The number of hydrogen-bond acceptors (Lipinski definition) is 6. The van der Waals surface area contributed by atoms with E-state index in [9.17, 15) is 9.59 Å². The fourth-order valence-corrected chi connectivity index (χ4v) is 3.70. The van der Waals surface area contributed by atoms with Gasteiger partial charge < -0.3 is 24.4 Å². The highest BCUT2D eigenvalue weighted by Gasteiger charge is 2.31. The number of alkyl carbamates (subject to hydrolysis) is 1. The van der Waals surface area contributed by atoms with Crippen LogP contribution in [0.25, 0.3) is 0 Å². The molecule has 1 fully saturated rings. The van der Waals surface area contributed by atoms with Gasteiger partial charge in [0, 0.05) is 33.2 Å². The summed E-state index contributed by atoms with van der Waals surface area (Å²) in [6.45, 7) is 5.06. The van der Waals surface area contributed by atoms with Gasteiger partial charge >= 0.3 is 12.1 Å². The van der Waals surface area contributed by atoms with Gasteiger partial charge in [-0.2, -0.15) is 0 Å². The second-order valence-electron chi connectivity index (χ2n) is 7.71. The van der Waals surface area contributed by atoms with Gasteiger partial charge in [-0.15, -0.1) is 0 Å². The molecule has 2 rings (SSSR count). The number of hydrogen-bond donors (Lipinski definition) is 1. The number of nitrogens with zero attached hydrogens (tertiary/aromatic N) is 1. The Morgan fingerprint density at radius 1 is 1.24 bits per heavy atom. The fraction of sp³-hybridized carbons (Fsp3) is 0.636. The first kappa shape index (κ1) is 23.2. The smallest absolute Gasteiger partial charge is 0.407 e. The van der Waals surface area contributed by atoms with Crippen LogP contribution >= 0.6 is 0 Å². The number of nitrogens with one attached hydrogen (secondary N) is 1. The summed E-state index contributed by atoms with van der Waals surface area (Å²) in [5.41, 5.74) is 0.960. The maximum absolute atomic E-state index is 12.2. The van der Waals surface area contributed by atoms with Gasteiger partial charge in [0.1, 0.15) is 6.61 Å². The molecule has 0 spiro atoms. The first-order valence-electron chi connectivity index (χ1n) is 10.3. The Morgan fingerprint density at radius 2 is 2.00 bits per heavy atom. The van der Waals surface area contributed by atoms with Crippen LogP contribution in [0.3, 0.4) is 0 Å². The maximum Gasteiger partial charge on any atom is 0.407 e. The first-order chi connectivity index (χ1) is 14.0. The van der Waals surface area contributed by atoms with E-state index >= 15 is 0 Å². The monoisotopic (exact) mass is 406 g/mol. The van der Waals surface area contributed by atoms with Crippen LogP contribution in [-0.2, 0) is 25.6 Å². The third kappa shape index (κ3) is 8.41. The van der Waals surface area contributed by atoms with Crippen LogP contribution in [0.15, 0.2) is 30.3 Å². The van der Waals surface area contributed by atoms with Gasteiger partial charge in [0.05, 0.1) is 19.3 Å². The van der Waals surface area contributed by atoms with E-state index in [4.69, 9.17) is 9.47 Å². The molecule has 162 valence electrons. The summed E-state index contributed by atoms with van der Waals surface area (Å²) in [5, 5.41) is 2.95. The number of benzene rings is 1.